The van der Waals surface area contributed by atoms with Gasteiger partial charge >= 0.3 is 6.18 Å². The number of fused-ring (bicyclic) bond motifs is 1. The molecule has 0 aliphatic heterocycles. The molecule has 21 heavy (non-hydrogen) atoms. The number of ether oxygens (including phenoxy) is 1. The lowest BCUT2D eigenvalue weighted by Gasteiger charge is -2.35. The molecular formula is C13H10F5NO2. The third-order valence-corrected chi connectivity index (χ3v) is 3.64. The van der Waals surface area contributed by atoms with Gasteiger partial charge in [0.2, 0.25) is 0 Å². The van der Waals surface area contributed by atoms with Gasteiger partial charge < -0.3 is 4.74 Å². The van der Waals surface area contributed by atoms with Crippen LogP contribution in [0.25, 0.3) is 0 Å². The van der Waals surface area contributed by atoms with E-state index in [1.165, 1.54) is 0 Å². The Kier molecular flexibility index (Phi) is 2.97. The van der Waals surface area contributed by atoms with Crippen LogP contribution in [0.4, 0.5) is 22.0 Å². The van der Waals surface area contributed by atoms with Crippen LogP contribution in [0, 0.1) is 0 Å². The molecule has 1 fully saturated rings. The zero-order valence-corrected chi connectivity index (χ0v) is 10.6. The van der Waals surface area contributed by atoms with Crippen molar-refractivity contribution in [2.75, 3.05) is 0 Å². The number of rotatable bonds is 2. The predicted molar refractivity (Wildman–Crippen MR) is 60.5 cm³/mol. The van der Waals surface area contributed by atoms with Gasteiger partial charge in [-0.2, -0.15) is 13.2 Å². The molecule has 3 nitrogen and oxygen atoms in total. The van der Waals surface area contributed by atoms with Crippen molar-refractivity contribution in [3.8, 4) is 5.75 Å². The average Bonchev–Trinajstić information content (AvgIpc) is 2.69. The zero-order valence-electron chi connectivity index (χ0n) is 10.6. The number of ketones is 1. The van der Waals surface area contributed by atoms with Crippen molar-refractivity contribution >= 4 is 5.78 Å². The van der Waals surface area contributed by atoms with Gasteiger partial charge in [0.05, 0.1) is 11.8 Å². The number of halogens is 5. The number of nitrogens with zero attached hydrogens (tertiary/aromatic N) is 1. The Balaban J connectivity index is 1.92. The Hall–Kier alpha value is -1.73. The summed E-state index contributed by atoms with van der Waals surface area (Å²) in [6.07, 6.45) is -5.51. The molecule has 2 aliphatic rings. The Morgan fingerprint density at radius 1 is 1.24 bits per heavy atom. The fourth-order valence-electron chi connectivity index (χ4n) is 2.63. The summed E-state index contributed by atoms with van der Waals surface area (Å²) < 4.78 is 69.3. The first-order chi connectivity index (χ1) is 9.67. The number of pyridine rings is 1. The monoisotopic (exact) mass is 307 g/mol. The van der Waals surface area contributed by atoms with Crippen LogP contribution in [0.5, 0.6) is 5.75 Å². The molecule has 0 spiro atoms. The van der Waals surface area contributed by atoms with Gasteiger partial charge in [-0.05, 0) is 6.42 Å². The number of carbonyl (C=O) groups excluding carboxylic acids is 1. The van der Waals surface area contributed by atoms with Gasteiger partial charge in [0.25, 0.3) is 5.92 Å². The summed E-state index contributed by atoms with van der Waals surface area (Å²) in [5.74, 6) is -3.43. The van der Waals surface area contributed by atoms with Gasteiger partial charge in [0, 0.05) is 24.8 Å². The van der Waals surface area contributed by atoms with Crippen LogP contribution in [-0.2, 0) is 12.6 Å². The minimum atomic E-state index is -4.73. The van der Waals surface area contributed by atoms with E-state index in [1.54, 1.807) is 0 Å². The molecule has 0 bridgehead atoms. The maximum atomic E-state index is 12.8. The molecule has 1 heterocycles. The lowest BCUT2D eigenvalue weighted by molar-refractivity contribution is -0.141. The fraction of sp³-hybridized carbons (Fsp3) is 0.538. The second kappa shape index (κ2) is 4.38. The highest BCUT2D eigenvalue weighted by atomic mass is 19.4. The van der Waals surface area contributed by atoms with E-state index >= 15 is 0 Å². The summed E-state index contributed by atoms with van der Waals surface area (Å²) in [7, 11) is 0. The SMILES string of the molecule is O=C1CCc2c(OC3CC(F)(F)C3)cnc(C(F)(F)F)c21. The van der Waals surface area contributed by atoms with E-state index in [0.717, 1.165) is 6.20 Å². The minimum Gasteiger partial charge on any atom is -0.488 e. The van der Waals surface area contributed by atoms with Crippen LogP contribution >= 0.6 is 0 Å². The number of alkyl halides is 5. The smallest absolute Gasteiger partial charge is 0.434 e. The second-order valence-electron chi connectivity index (χ2n) is 5.25. The lowest BCUT2D eigenvalue weighted by Crippen LogP contribution is -2.43. The maximum absolute atomic E-state index is 12.8. The highest BCUT2D eigenvalue weighted by Gasteiger charge is 2.48. The molecule has 114 valence electrons. The van der Waals surface area contributed by atoms with Gasteiger partial charge in [-0.1, -0.05) is 0 Å². The van der Waals surface area contributed by atoms with Crippen LogP contribution < -0.4 is 4.74 Å². The van der Waals surface area contributed by atoms with E-state index in [1.807, 2.05) is 0 Å². The summed E-state index contributed by atoms with van der Waals surface area (Å²) in [5, 5.41) is 0. The molecule has 0 unspecified atom stereocenters. The van der Waals surface area contributed by atoms with Crippen LogP contribution in [0.15, 0.2) is 6.20 Å². The van der Waals surface area contributed by atoms with Crippen LogP contribution in [-0.4, -0.2) is 22.8 Å². The third kappa shape index (κ3) is 2.47. The topological polar surface area (TPSA) is 39.2 Å². The molecule has 1 saturated carbocycles. The summed E-state index contributed by atoms with van der Waals surface area (Å²) in [5.41, 5.74) is -1.59. The summed E-state index contributed by atoms with van der Waals surface area (Å²) in [4.78, 5) is 14.9. The van der Waals surface area contributed by atoms with E-state index < -0.39 is 48.1 Å². The van der Waals surface area contributed by atoms with Gasteiger partial charge in [-0.15, -0.1) is 0 Å². The minimum absolute atomic E-state index is 0.00403. The molecular weight excluding hydrogens is 297 g/mol. The fourth-order valence-corrected chi connectivity index (χ4v) is 2.63. The Morgan fingerprint density at radius 3 is 2.48 bits per heavy atom. The quantitative estimate of drug-likeness (QED) is 0.786. The van der Waals surface area contributed by atoms with E-state index in [0.29, 0.717) is 0 Å². The van der Waals surface area contributed by atoms with Crippen molar-refractivity contribution < 1.29 is 31.5 Å². The van der Waals surface area contributed by atoms with Gasteiger partial charge in [0.1, 0.15) is 11.9 Å². The van der Waals surface area contributed by atoms with Crippen LogP contribution in [0.2, 0.25) is 0 Å². The first kappa shape index (κ1) is 14.2. The van der Waals surface area contributed by atoms with Gasteiger partial charge in [-0.3, -0.25) is 4.79 Å². The van der Waals surface area contributed by atoms with E-state index in [4.69, 9.17) is 4.74 Å². The standard InChI is InChI=1S/C13H10F5NO2/c14-12(15)3-6(4-12)21-9-5-19-11(13(16,17)18)10-7(9)1-2-8(10)20/h5-6H,1-4H2. The van der Waals surface area contributed by atoms with Crippen molar-refractivity contribution in [3.63, 3.8) is 0 Å². The molecule has 0 radical (unpaired) electrons. The normalized spacial score (nSPS) is 21.1. The number of carbonyl (C=O) groups is 1. The summed E-state index contributed by atoms with van der Waals surface area (Å²) >= 11 is 0. The molecule has 3 rings (SSSR count). The highest BCUT2D eigenvalue weighted by molar-refractivity contribution is 6.02. The third-order valence-electron chi connectivity index (χ3n) is 3.64. The lowest BCUT2D eigenvalue weighted by atomic mass is 9.91. The predicted octanol–water partition coefficient (Wildman–Crippen LogP) is 3.41. The van der Waals surface area contributed by atoms with Crippen molar-refractivity contribution in [2.45, 2.75) is 43.9 Å². The average molecular weight is 307 g/mol. The molecule has 0 amide bonds. The molecule has 0 aromatic carbocycles. The van der Waals surface area contributed by atoms with Crippen LogP contribution in [0.1, 0.15) is 40.9 Å². The largest absolute Gasteiger partial charge is 0.488 e. The van der Waals surface area contributed by atoms with E-state index in [-0.39, 0.29) is 24.2 Å². The first-order valence-corrected chi connectivity index (χ1v) is 6.34. The van der Waals surface area contributed by atoms with Crippen molar-refractivity contribution in [1.82, 2.24) is 4.98 Å². The van der Waals surface area contributed by atoms with Gasteiger partial charge in [0.15, 0.2) is 11.5 Å². The molecule has 2 aliphatic carbocycles. The van der Waals surface area contributed by atoms with E-state index in [2.05, 4.69) is 4.98 Å². The number of hydrogen-bond donors (Lipinski definition) is 0. The number of Topliss-reactive ketones (excluding diaryl/α,β-unsaturated/α-hetero) is 1. The molecule has 8 heteroatoms. The molecule has 1 aromatic heterocycles. The van der Waals surface area contributed by atoms with Crippen molar-refractivity contribution in [2.24, 2.45) is 0 Å². The number of hydrogen-bond acceptors (Lipinski definition) is 3. The molecule has 0 N–H and O–H groups in total. The molecule has 0 atom stereocenters. The van der Waals surface area contributed by atoms with Crippen molar-refractivity contribution in [3.05, 3.63) is 23.0 Å². The molecule has 0 saturated heterocycles. The van der Waals surface area contributed by atoms with Gasteiger partial charge in [-0.25, -0.2) is 13.8 Å². The Bertz CT molecular complexity index is 603. The highest BCUT2D eigenvalue weighted by Crippen LogP contribution is 2.43. The first-order valence-electron chi connectivity index (χ1n) is 6.34. The van der Waals surface area contributed by atoms with Crippen LogP contribution in [0.3, 0.4) is 0 Å². The Labute approximate surface area is 116 Å². The Morgan fingerprint density at radius 2 is 1.90 bits per heavy atom. The zero-order chi connectivity index (χ0) is 15.4. The summed E-state index contributed by atoms with van der Waals surface area (Å²) in [6, 6.07) is 0. The van der Waals surface area contributed by atoms with E-state index in [9.17, 15) is 26.7 Å². The number of aromatic nitrogens is 1. The second-order valence-corrected chi connectivity index (χ2v) is 5.25. The molecule has 1 aromatic rings. The van der Waals surface area contributed by atoms with Crippen molar-refractivity contribution in [1.29, 1.82) is 0 Å². The summed E-state index contributed by atoms with van der Waals surface area (Å²) in [6.45, 7) is 0. The maximum Gasteiger partial charge on any atom is 0.434 e.